The molecule has 0 radical (unpaired) electrons. The monoisotopic (exact) mass is 327 g/mol. The summed E-state index contributed by atoms with van der Waals surface area (Å²) in [6, 6.07) is 13.3. The molecule has 0 aliphatic carbocycles. The first-order chi connectivity index (χ1) is 11.6. The Hall–Kier alpha value is -2.53. The fourth-order valence-electron chi connectivity index (χ4n) is 3.36. The van der Waals surface area contributed by atoms with Gasteiger partial charge >= 0.3 is 5.97 Å². The van der Waals surface area contributed by atoms with Crippen molar-refractivity contribution in [3.8, 4) is 11.5 Å². The molecule has 2 aromatic carbocycles. The highest BCUT2D eigenvalue weighted by Crippen LogP contribution is 2.39. The van der Waals surface area contributed by atoms with Crippen LogP contribution in [0.2, 0.25) is 0 Å². The summed E-state index contributed by atoms with van der Waals surface area (Å²) in [5, 5.41) is 13.3. The molecule has 1 unspecified atom stereocenters. The molecule has 0 amide bonds. The maximum atomic E-state index is 12.3. The van der Waals surface area contributed by atoms with E-state index in [1.165, 1.54) is 0 Å². The van der Waals surface area contributed by atoms with E-state index in [1.54, 1.807) is 20.3 Å². The van der Waals surface area contributed by atoms with Gasteiger partial charge in [-0.1, -0.05) is 30.3 Å². The van der Waals surface area contributed by atoms with Crippen LogP contribution in [0, 0.1) is 0 Å². The normalized spacial score (nSPS) is 19.4. The van der Waals surface area contributed by atoms with Crippen molar-refractivity contribution < 1.29 is 19.4 Å². The summed E-state index contributed by atoms with van der Waals surface area (Å²) < 4.78 is 10.7. The van der Waals surface area contributed by atoms with E-state index in [0.717, 1.165) is 23.1 Å². The third-order valence-corrected chi connectivity index (χ3v) is 4.57. The number of carboxylic acids is 1. The van der Waals surface area contributed by atoms with Gasteiger partial charge < -0.3 is 14.6 Å². The first kappa shape index (κ1) is 16.3. The summed E-state index contributed by atoms with van der Waals surface area (Å²) in [5.74, 6) is 0.273. The van der Waals surface area contributed by atoms with Gasteiger partial charge in [0.25, 0.3) is 0 Å². The topological polar surface area (TPSA) is 67.8 Å². The van der Waals surface area contributed by atoms with Gasteiger partial charge in [0, 0.05) is 13.0 Å². The number of nitrogens with one attached hydrogen (secondary N) is 1. The minimum atomic E-state index is -1.17. The van der Waals surface area contributed by atoms with Crippen molar-refractivity contribution in [2.75, 3.05) is 20.8 Å². The lowest BCUT2D eigenvalue weighted by molar-refractivity contribution is -0.145. The molecule has 5 nitrogen and oxygen atoms in total. The van der Waals surface area contributed by atoms with E-state index >= 15 is 0 Å². The van der Waals surface area contributed by atoms with Crippen LogP contribution < -0.4 is 14.8 Å². The van der Waals surface area contributed by atoms with Crippen molar-refractivity contribution in [2.45, 2.75) is 18.4 Å². The van der Waals surface area contributed by atoms with Gasteiger partial charge in [0.2, 0.25) is 0 Å². The van der Waals surface area contributed by atoms with Crippen LogP contribution >= 0.6 is 0 Å². The minimum Gasteiger partial charge on any atom is -0.493 e. The molecule has 1 aliphatic rings. The molecule has 2 aromatic rings. The molecule has 2 N–H and O–H groups in total. The summed E-state index contributed by atoms with van der Waals surface area (Å²) in [6.45, 7) is 0.599. The number of ether oxygens (including phenoxy) is 2. The van der Waals surface area contributed by atoms with E-state index in [0.29, 0.717) is 24.5 Å². The molecule has 0 saturated heterocycles. The highest BCUT2D eigenvalue weighted by Gasteiger charge is 2.44. The van der Waals surface area contributed by atoms with Crippen LogP contribution in [0.3, 0.4) is 0 Å². The second-order valence-corrected chi connectivity index (χ2v) is 5.91. The molecule has 0 bridgehead atoms. The van der Waals surface area contributed by atoms with Crippen molar-refractivity contribution in [3.63, 3.8) is 0 Å². The Morgan fingerprint density at radius 3 is 2.46 bits per heavy atom. The maximum Gasteiger partial charge on any atom is 0.328 e. The number of fused-ring (bicyclic) bond motifs is 1. The van der Waals surface area contributed by atoms with E-state index in [9.17, 15) is 9.90 Å². The van der Waals surface area contributed by atoms with Gasteiger partial charge in [-0.25, -0.2) is 4.79 Å². The Bertz CT molecular complexity index is 745. The molecule has 0 aromatic heterocycles. The zero-order chi connectivity index (χ0) is 17.2. The summed E-state index contributed by atoms with van der Waals surface area (Å²) in [7, 11) is 3.14. The van der Waals surface area contributed by atoms with Gasteiger partial charge in [-0.2, -0.15) is 0 Å². The Labute approximate surface area is 141 Å². The molecule has 0 saturated carbocycles. The zero-order valence-electron chi connectivity index (χ0n) is 13.8. The van der Waals surface area contributed by atoms with Crippen LogP contribution in [0.25, 0.3) is 0 Å². The third kappa shape index (κ3) is 2.71. The second-order valence-electron chi connectivity index (χ2n) is 5.91. The molecule has 1 aliphatic heterocycles. The van der Waals surface area contributed by atoms with E-state index in [1.807, 2.05) is 36.4 Å². The highest BCUT2D eigenvalue weighted by atomic mass is 16.5. The molecule has 1 atom stereocenters. The van der Waals surface area contributed by atoms with Crippen molar-refractivity contribution >= 4 is 5.97 Å². The standard InChI is InChI=1S/C19H21NO4/c1-23-16-10-14-8-9-20-19(18(21)22,15(14)11-17(16)24-2)12-13-6-4-3-5-7-13/h3-7,10-11,20H,8-9,12H2,1-2H3,(H,21,22). The predicted molar refractivity (Wildman–Crippen MR) is 90.7 cm³/mol. The Morgan fingerprint density at radius 2 is 1.83 bits per heavy atom. The smallest absolute Gasteiger partial charge is 0.328 e. The Morgan fingerprint density at radius 1 is 1.17 bits per heavy atom. The Kier molecular flexibility index (Phi) is 4.44. The number of carboxylic acid groups (broad SMARTS) is 1. The number of hydrogen-bond acceptors (Lipinski definition) is 4. The minimum absolute atomic E-state index is 0.367. The van der Waals surface area contributed by atoms with E-state index < -0.39 is 11.5 Å². The lowest BCUT2D eigenvalue weighted by atomic mass is 9.78. The number of benzene rings is 2. The SMILES string of the molecule is COc1cc2c(cc1OC)C(Cc1ccccc1)(C(=O)O)NCC2. The number of hydrogen-bond donors (Lipinski definition) is 2. The number of carbonyl (C=O) groups is 1. The van der Waals surface area contributed by atoms with Gasteiger partial charge in [0.15, 0.2) is 11.5 Å². The fourth-order valence-corrected chi connectivity index (χ4v) is 3.36. The third-order valence-electron chi connectivity index (χ3n) is 4.57. The second kappa shape index (κ2) is 6.53. The maximum absolute atomic E-state index is 12.3. The molecule has 0 spiro atoms. The van der Waals surface area contributed by atoms with Crippen molar-refractivity contribution in [3.05, 3.63) is 59.2 Å². The van der Waals surface area contributed by atoms with E-state index in [-0.39, 0.29) is 0 Å². The molecule has 3 rings (SSSR count). The molecular weight excluding hydrogens is 306 g/mol. The summed E-state index contributed by atoms with van der Waals surface area (Å²) in [6.07, 6.45) is 1.12. The largest absolute Gasteiger partial charge is 0.493 e. The average molecular weight is 327 g/mol. The summed E-state index contributed by atoms with van der Waals surface area (Å²) >= 11 is 0. The molecule has 126 valence electrons. The molecule has 0 fully saturated rings. The van der Waals surface area contributed by atoms with Crippen LogP contribution in [0.15, 0.2) is 42.5 Å². The predicted octanol–water partition coefficient (Wildman–Crippen LogP) is 2.37. The van der Waals surface area contributed by atoms with Gasteiger partial charge in [0.05, 0.1) is 14.2 Å². The van der Waals surface area contributed by atoms with Crippen LogP contribution in [0.1, 0.15) is 16.7 Å². The Balaban J connectivity index is 2.14. The molecule has 24 heavy (non-hydrogen) atoms. The summed E-state index contributed by atoms with van der Waals surface area (Å²) in [5.41, 5.74) is 1.51. The number of aliphatic carboxylic acids is 1. The first-order valence-electron chi connectivity index (χ1n) is 7.88. The quantitative estimate of drug-likeness (QED) is 0.882. The first-order valence-corrected chi connectivity index (χ1v) is 7.88. The van der Waals surface area contributed by atoms with Gasteiger partial charge in [-0.05, 0) is 35.2 Å². The van der Waals surface area contributed by atoms with Crippen LogP contribution in [0.4, 0.5) is 0 Å². The van der Waals surface area contributed by atoms with E-state index in [4.69, 9.17) is 9.47 Å². The van der Waals surface area contributed by atoms with Gasteiger partial charge in [0.1, 0.15) is 5.54 Å². The highest BCUT2D eigenvalue weighted by molar-refractivity contribution is 5.83. The van der Waals surface area contributed by atoms with Gasteiger partial charge in [-0.3, -0.25) is 5.32 Å². The molecule has 1 heterocycles. The summed E-state index contributed by atoms with van der Waals surface area (Å²) in [4.78, 5) is 12.3. The fraction of sp³-hybridized carbons (Fsp3) is 0.316. The van der Waals surface area contributed by atoms with Crippen molar-refractivity contribution in [2.24, 2.45) is 0 Å². The average Bonchev–Trinajstić information content (AvgIpc) is 2.61. The van der Waals surface area contributed by atoms with Crippen LogP contribution in [-0.2, 0) is 23.2 Å². The molecular formula is C19H21NO4. The van der Waals surface area contributed by atoms with E-state index in [2.05, 4.69) is 5.32 Å². The molecule has 5 heteroatoms. The van der Waals surface area contributed by atoms with Crippen molar-refractivity contribution in [1.29, 1.82) is 0 Å². The number of methoxy groups -OCH3 is 2. The lowest BCUT2D eigenvalue weighted by Gasteiger charge is -2.37. The van der Waals surface area contributed by atoms with Crippen molar-refractivity contribution in [1.82, 2.24) is 5.32 Å². The lowest BCUT2D eigenvalue weighted by Crippen LogP contribution is -2.54. The number of rotatable bonds is 5. The van der Waals surface area contributed by atoms with Crippen LogP contribution in [0.5, 0.6) is 11.5 Å². The zero-order valence-corrected chi connectivity index (χ0v) is 13.8. The van der Waals surface area contributed by atoms with Gasteiger partial charge in [-0.15, -0.1) is 0 Å². The van der Waals surface area contributed by atoms with Crippen LogP contribution in [-0.4, -0.2) is 31.8 Å².